The van der Waals surface area contributed by atoms with Gasteiger partial charge in [-0.3, -0.25) is 9.13 Å². The van der Waals surface area contributed by atoms with E-state index in [-0.39, 0.29) is 47.2 Å². The Morgan fingerprint density at radius 2 is 0.968 bits per heavy atom. The third kappa shape index (κ3) is 2.31. The maximum Gasteiger partial charge on any atom is 0.333 e. The summed E-state index contributed by atoms with van der Waals surface area (Å²) in [6, 6.07) is 0. The minimum Gasteiger partial charge on any atom is -0.494 e. The van der Waals surface area contributed by atoms with E-state index in [9.17, 15) is 30.0 Å². The van der Waals surface area contributed by atoms with Gasteiger partial charge in [-0.1, -0.05) is 24.3 Å². The molecule has 4 aliphatic rings. The van der Waals surface area contributed by atoms with Crippen LogP contribution >= 0.6 is 0 Å². The number of hydrogen-bond donors (Lipinski definition) is 4. The Balaban J connectivity index is 1.17. The van der Waals surface area contributed by atoms with Gasteiger partial charge in [0.05, 0.1) is 0 Å². The van der Waals surface area contributed by atoms with E-state index >= 15 is 0 Å². The molecule has 0 aliphatic heterocycles. The number of fused-ring (bicyclic) bond motifs is 10. The van der Waals surface area contributed by atoms with Crippen LogP contribution in [0.1, 0.15) is 58.8 Å². The highest BCUT2D eigenvalue weighted by Crippen LogP contribution is 2.57. The van der Waals surface area contributed by atoms with Gasteiger partial charge in [-0.05, 0) is 12.8 Å². The molecule has 160 valence electrons. The van der Waals surface area contributed by atoms with Crippen molar-refractivity contribution in [3.8, 4) is 23.5 Å². The molecular formula is C22H20N2O7. The number of nitrogens with zero attached hydrogens (tertiary/aromatic N) is 2. The number of aromatic nitrogens is 2. The van der Waals surface area contributed by atoms with Crippen LogP contribution in [0.25, 0.3) is 0 Å². The van der Waals surface area contributed by atoms with Crippen molar-refractivity contribution in [2.45, 2.75) is 49.6 Å². The summed E-state index contributed by atoms with van der Waals surface area (Å²) in [7, 11) is 0. The molecule has 0 radical (unpaired) electrons. The van der Waals surface area contributed by atoms with E-state index in [1.165, 1.54) is 0 Å². The molecule has 2 heterocycles. The van der Waals surface area contributed by atoms with Crippen LogP contribution in [0.4, 0.5) is 0 Å². The van der Waals surface area contributed by atoms with Crippen molar-refractivity contribution in [2.75, 3.05) is 0 Å². The molecule has 4 atom stereocenters. The first-order valence-corrected chi connectivity index (χ1v) is 10.2. The Morgan fingerprint density at radius 3 is 1.26 bits per heavy atom. The predicted octanol–water partition coefficient (Wildman–Crippen LogP) is 2.16. The highest BCUT2D eigenvalue weighted by molar-refractivity contribution is 5.86. The Bertz CT molecular complexity index is 1070. The van der Waals surface area contributed by atoms with Crippen LogP contribution < -0.4 is 0 Å². The molecule has 9 heteroatoms. The first-order chi connectivity index (χ1) is 14.8. The fourth-order valence-corrected chi connectivity index (χ4v) is 5.73. The highest BCUT2D eigenvalue weighted by Gasteiger charge is 2.42. The molecule has 0 saturated carbocycles. The molecule has 0 fully saturated rings. The summed E-state index contributed by atoms with van der Waals surface area (Å²) in [4.78, 5) is 24.6. The zero-order chi connectivity index (χ0) is 21.6. The number of carbonyl (C=O) groups excluding carboxylic acids is 2. The standard InChI is InChI=1S/C22H20N2O7/c25-13(7-23-19(27)15-9-1-2-10(5-9)16(15)20(23)28)31-14(26)8-24-21(29)17-11-3-4-12(6-11)18(17)22(24)30/h1-4,9-12,27-30H,5-8H2/t9-,10+,11-,12+. The fourth-order valence-electron chi connectivity index (χ4n) is 5.73. The summed E-state index contributed by atoms with van der Waals surface area (Å²) in [5, 5.41) is 41.9. The van der Waals surface area contributed by atoms with Crippen molar-refractivity contribution in [2.24, 2.45) is 0 Å². The summed E-state index contributed by atoms with van der Waals surface area (Å²) in [5.74, 6) is -2.69. The lowest BCUT2D eigenvalue weighted by Crippen LogP contribution is -2.21. The zero-order valence-corrected chi connectivity index (χ0v) is 16.4. The van der Waals surface area contributed by atoms with Gasteiger partial charge in [0.25, 0.3) is 0 Å². The Labute approximate surface area is 176 Å². The van der Waals surface area contributed by atoms with E-state index in [0.29, 0.717) is 22.3 Å². The van der Waals surface area contributed by atoms with E-state index in [2.05, 4.69) is 0 Å². The van der Waals surface area contributed by atoms with Crippen molar-refractivity contribution in [1.82, 2.24) is 9.13 Å². The van der Waals surface area contributed by atoms with Crippen LogP contribution in [0.5, 0.6) is 23.5 Å². The van der Waals surface area contributed by atoms with Crippen LogP contribution in [0.15, 0.2) is 24.3 Å². The summed E-state index contributed by atoms with van der Waals surface area (Å²) in [6.45, 7) is -1.08. The summed E-state index contributed by atoms with van der Waals surface area (Å²) >= 11 is 0. The minimum atomic E-state index is -0.968. The second-order valence-corrected chi connectivity index (χ2v) is 8.63. The molecule has 4 N–H and O–H groups in total. The lowest BCUT2D eigenvalue weighted by Gasteiger charge is -2.11. The minimum absolute atomic E-state index is 0.0104. The van der Waals surface area contributed by atoms with Gasteiger partial charge in [0.1, 0.15) is 13.1 Å². The third-order valence-electron chi connectivity index (χ3n) is 7.02. The molecule has 0 spiro atoms. The normalized spacial score (nSPS) is 25.9. The van der Waals surface area contributed by atoms with Gasteiger partial charge >= 0.3 is 11.9 Å². The van der Waals surface area contributed by atoms with Crippen molar-refractivity contribution >= 4 is 11.9 Å². The van der Waals surface area contributed by atoms with Gasteiger partial charge in [0.2, 0.25) is 0 Å². The molecule has 0 aromatic carbocycles. The van der Waals surface area contributed by atoms with E-state index in [1.54, 1.807) is 0 Å². The molecule has 6 rings (SSSR count). The van der Waals surface area contributed by atoms with Crippen molar-refractivity contribution in [3.63, 3.8) is 0 Å². The van der Waals surface area contributed by atoms with Crippen LogP contribution in [0.2, 0.25) is 0 Å². The molecule has 9 nitrogen and oxygen atoms in total. The Hall–Kier alpha value is -3.62. The quantitative estimate of drug-likeness (QED) is 0.336. The van der Waals surface area contributed by atoms with E-state index in [4.69, 9.17) is 4.74 Å². The number of hydrogen-bond acceptors (Lipinski definition) is 7. The predicted molar refractivity (Wildman–Crippen MR) is 105 cm³/mol. The van der Waals surface area contributed by atoms with Crippen molar-refractivity contribution in [3.05, 3.63) is 46.6 Å². The molecule has 0 amide bonds. The lowest BCUT2D eigenvalue weighted by molar-refractivity contribution is -0.160. The number of carbonyl (C=O) groups is 2. The SMILES string of the molecule is O=C(Cn1c(O)c2c(c1O)[C@H]1C=C[C@@H]2C1)OC(=O)Cn1c(O)c2c(c1O)[C@H]1C=C[C@@H]2C1. The molecular weight excluding hydrogens is 404 g/mol. The second-order valence-electron chi connectivity index (χ2n) is 8.63. The van der Waals surface area contributed by atoms with Gasteiger partial charge in [0, 0.05) is 45.9 Å². The molecule has 4 aliphatic carbocycles. The largest absolute Gasteiger partial charge is 0.494 e. The second kappa shape index (κ2) is 5.96. The van der Waals surface area contributed by atoms with Crippen LogP contribution in [0.3, 0.4) is 0 Å². The van der Waals surface area contributed by atoms with Gasteiger partial charge in [-0.15, -0.1) is 0 Å². The number of esters is 2. The Kier molecular flexibility index (Phi) is 3.50. The van der Waals surface area contributed by atoms with Crippen LogP contribution in [-0.2, 0) is 27.4 Å². The third-order valence-corrected chi connectivity index (χ3v) is 7.02. The molecule has 31 heavy (non-hydrogen) atoms. The van der Waals surface area contributed by atoms with Crippen molar-refractivity contribution in [1.29, 1.82) is 0 Å². The highest BCUT2D eigenvalue weighted by atomic mass is 16.6. The van der Waals surface area contributed by atoms with Gasteiger partial charge in [-0.25, -0.2) is 9.59 Å². The van der Waals surface area contributed by atoms with Gasteiger partial charge in [-0.2, -0.15) is 0 Å². The summed E-state index contributed by atoms with van der Waals surface area (Å²) < 4.78 is 6.90. The van der Waals surface area contributed by atoms with Gasteiger partial charge in [0.15, 0.2) is 23.5 Å². The number of allylic oxidation sites excluding steroid dienone is 4. The fraction of sp³-hybridized carbons (Fsp3) is 0.364. The number of rotatable bonds is 4. The maximum atomic E-state index is 12.3. The smallest absolute Gasteiger partial charge is 0.333 e. The zero-order valence-electron chi connectivity index (χ0n) is 16.4. The summed E-state index contributed by atoms with van der Waals surface area (Å²) in [6.07, 6.45) is 9.45. The van der Waals surface area contributed by atoms with Crippen LogP contribution in [0, 0.1) is 0 Å². The average molecular weight is 424 g/mol. The van der Waals surface area contributed by atoms with Gasteiger partial charge < -0.3 is 25.2 Å². The van der Waals surface area contributed by atoms with Crippen LogP contribution in [-0.4, -0.2) is 41.5 Å². The molecule has 2 aromatic rings. The first-order valence-electron chi connectivity index (χ1n) is 10.2. The van der Waals surface area contributed by atoms with E-state index < -0.39 is 25.0 Å². The van der Waals surface area contributed by atoms with Crippen molar-refractivity contribution < 1.29 is 34.8 Å². The lowest BCUT2D eigenvalue weighted by atomic mass is 10.0. The number of aromatic hydroxyl groups is 4. The topological polar surface area (TPSA) is 134 Å². The molecule has 0 saturated heterocycles. The first kappa shape index (κ1) is 18.2. The summed E-state index contributed by atoms with van der Waals surface area (Å²) in [5.41, 5.74) is 2.46. The Morgan fingerprint density at radius 1 is 0.677 bits per heavy atom. The van der Waals surface area contributed by atoms with E-state index in [0.717, 1.165) is 22.0 Å². The molecule has 2 aromatic heterocycles. The molecule has 4 bridgehead atoms. The average Bonchev–Trinajstić information content (AvgIpc) is 3.55. The maximum absolute atomic E-state index is 12.3. The number of ether oxygens (including phenoxy) is 1. The monoisotopic (exact) mass is 424 g/mol. The molecule has 0 unspecified atom stereocenters. The van der Waals surface area contributed by atoms with E-state index in [1.807, 2.05) is 24.3 Å².